The summed E-state index contributed by atoms with van der Waals surface area (Å²) in [6.07, 6.45) is 2.69. The fourth-order valence-electron chi connectivity index (χ4n) is 4.00. The van der Waals surface area contributed by atoms with Gasteiger partial charge in [0.2, 0.25) is 16.0 Å². The molecule has 1 aliphatic heterocycles. The van der Waals surface area contributed by atoms with Crippen molar-refractivity contribution in [3.05, 3.63) is 63.9 Å². The van der Waals surface area contributed by atoms with Crippen LogP contribution in [-0.4, -0.2) is 41.3 Å². The Bertz CT molecular complexity index is 1360. The van der Waals surface area contributed by atoms with Gasteiger partial charge < -0.3 is 0 Å². The molecule has 1 aromatic heterocycles. The summed E-state index contributed by atoms with van der Waals surface area (Å²) in [6, 6.07) is 11.5. The highest BCUT2D eigenvalue weighted by Crippen LogP contribution is 2.23. The number of nitrogens with zero attached hydrogens (tertiary/aromatic N) is 3. The van der Waals surface area contributed by atoms with Crippen molar-refractivity contribution in [2.24, 2.45) is 0 Å². The zero-order valence-corrected chi connectivity index (χ0v) is 19.5. The third-order valence-electron chi connectivity index (χ3n) is 5.87. The van der Waals surface area contributed by atoms with Crippen LogP contribution < -0.4 is 16.4 Å². The van der Waals surface area contributed by atoms with Crippen molar-refractivity contribution in [3.8, 4) is 0 Å². The Morgan fingerprint density at radius 3 is 2.55 bits per heavy atom. The van der Waals surface area contributed by atoms with Crippen molar-refractivity contribution < 1.29 is 13.2 Å². The van der Waals surface area contributed by atoms with E-state index in [1.54, 1.807) is 37.3 Å². The first-order valence-corrected chi connectivity index (χ1v) is 12.4. The van der Waals surface area contributed by atoms with E-state index in [4.69, 9.17) is 0 Å². The van der Waals surface area contributed by atoms with Gasteiger partial charge in [-0.3, -0.25) is 25.0 Å². The number of amides is 1. The fraction of sp³-hybridized carbons (Fsp3) is 0.348. The Morgan fingerprint density at radius 2 is 1.82 bits per heavy atom. The van der Waals surface area contributed by atoms with Gasteiger partial charge in [-0.2, -0.15) is 4.31 Å². The molecule has 10 heteroatoms. The number of piperidine rings is 1. The Balaban J connectivity index is 1.60. The van der Waals surface area contributed by atoms with E-state index < -0.39 is 15.9 Å². The second-order valence-corrected chi connectivity index (χ2v) is 9.96. The predicted molar refractivity (Wildman–Crippen MR) is 127 cm³/mol. The normalized spacial score (nSPS) is 14.8. The third kappa shape index (κ3) is 4.49. The number of carbonyl (C=O) groups is 1. The molecule has 0 radical (unpaired) electrons. The smallest absolute Gasteiger partial charge is 0.270 e. The van der Waals surface area contributed by atoms with Gasteiger partial charge in [0.05, 0.1) is 15.8 Å². The van der Waals surface area contributed by atoms with E-state index in [1.165, 1.54) is 21.0 Å². The highest BCUT2D eigenvalue weighted by atomic mass is 32.2. The quantitative estimate of drug-likeness (QED) is 0.537. The van der Waals surface area contributed by atoms with Crippen LogP contribution in [0.1, 0.15) is 42.1 Å². The molecule has 0 unspecified atom stereocenters. The number of nitrogens with one attached hydrogen (secondary N) is 2. The molecule has 2 N–H and O–H groups in total. The van der Waals surface area contributed by atoms with E-state index in [1.807, 2.05) is 6.92 Å². The molecule has 0 bridgehead atoms. The summed E-state index contributed by atoms with van der Waals surface area (Å²) in [7, 11) is -3.67. The van der Waals surface area contributed by atoms with Crippen molar-refractivity contribution in [2.75, 3.05) is 18.5 Å². The molecular weight excluding hydrogens is 442 g/mol. The number of aromatic nitrogens is 2. The number of carbonyl (C=O) groups excluding carboxylic acids is 1. The molecule has 2 heterocycles. The van der Waals surface area contributed by atoms with Gasteiger partial charge in [-0.1, -0.05) is 24.6 Å². The maximum Gasteiger partial charge on any atom is 0.270 e. The summed E-state index contributed by atoms with van der Waals surface area (Å²) in [5.41, 5.74) is 6.45. The van der Waals surface area contributed by atoms with E-state index >= 15 is 0 Å². The summed E-state index contributed by atoms with van der Waals surface area (Å²) in [4.78, 5) is 30.2. The lowest BCUT2D eigenvalue weighted by Crippen LogP contribution is -2.36. The van der Waals surface area contributed by atoms with Crippen molar-refractivity contribution in [1.29, 1.82) is 0 Å². The zero-order chi connectivity index (χ0) is 23.6. The number of sulfonamides is 1. The number of hydrazine groups is 1. The number of benzene rings is 2. The average molecular weight is 470 g/mol. The molecule has 1 saturated heterocycles. The Hall–Kier alpha value is -3.24. The van der Waals surface area contributed by atoms with Crippen LogP contribution in [0.25, 0.3) is 10.9 Å². The molecule has 0 spiro atoms. The number of rotatable bonds is 6. The van der Waals surface area contributed by atoms with Gasteiger partial charge in [0.25, 0.3) is 11.5 Å². The second kappa shape index (κ2) is 9.32. The van der Waals surface area contributed by atoms with Crippen molar-refractivity contribution in [3.63, 3.8) is 0 Å². The lowest BCUT2D eigenvalue weighted by Gasteiger charge is -2.26. The van der Waals surface area contributed by atoms with Crippen LogP contribution in [0.4, 0.5) is 5.95 Å². The molecular formula is C23H27N5O4S. The maximum atomic E-state index is 13.0. The zero-order valence-electron chi connectivity index (χ0n) is 18.7. The van der Waals surface area contributed by atoms with Gasteiger partial charge in [-0.05, 0) is 56.5 Å². The number of hydrogen-bond donors (Lipinski definition) is 2. The van der Waals surface area contributed by atoms with Crippen molar-refractivity contribution >= 4 is 32.8 Å². The maximum absolute atomic E-state index is 13.0. The van der Waals surface area contributed by atoms with E-state index in [-0.39, 0.29) is 22.0 Å². The second-order valence-electron chi connectivity index (χ2n) is 8.02. The van der Waals surface area contributed by atoms with Crippen molar-refractivity contribution in [1.82, 2.24) is 19.3 Å². The van der Waals surface area contributed by atoms with Gasteiger partial charge in [-0.15, -0.1) is 0 Å². The highest BCUT2D eigenvalue weighted by Gasteiger charge is 2.27. The van der Waals surface area contributed by atoms with E-state index in [0.717, 1.165) is 19.3 Å². The third-order valence-corrected chi connectivity index (χ3v) is 7.77. The number of para-hydroxylation sites is 1. The van der Waals surface area contributed by atoms with Gasteiger partial charge in [0, 0.05) is 25.2 Å². The standard InChI is InChI=1S/C23H27N5O4S/c1-3-28-22(30)18-9-5-6-10-20(18)24-23(28)26-25-21(29)19-15-17(12-11-16(19)2)33(31,32)27-13-7-4-8-14-27/h5-6,9-12,15H,3-4,7-8,13-14H2,1-2H3,(H,24,26)(H,25,29). The van der Waals surface area contributed by atoms with Crippen LogP contribution in [0.5, 0.6) is 0 Å². The van der Waals surface area contributed by atoms with Crippen LogP contribution >= 0.6 is 0 Å². The van der Waals surface area contributed by atoms with Gasteiger partial charge >= 0.3 is 0 Å². The molecule has 33 heavy (non-hydrogen) atoms. The SMILES string of the molecule is CCn1c(NNC(=O)c2cc(S(=O)(=O)N3CCCCC3)ccc2C)nc2ccccc2c1=O. The highest BCUT2D eigenvalue weighted by molar-refractivity contribution is 7.89. The topological polar surface area (TPSA) is 113 Å². The molecule has 174 valence electrons. The Kier molecular flexibility index (Phi) is 6.48. The molecule has 4 rings (SSSR count). The largest absolute Gasteiger partial charge is 0.277 e. The molecule has 3 aromatic rings. The first kappa shape index (κ1) is 22.9. The minimum atomic E-state index is -3.67. The van der Waals surface area contributed by atoms with E-state index in [9.17, 15) is 18.0 Å². The van der Waals surface area contributed by atoms with Crippen LogP contribution in [0.2, 0.25) is 0 Å². The van der Waals surface area contributed by atoms with E-state index in [0.29, 0.717) is 36.1 Å². The summed E-state index contributed by atoms with van der Waals surface area (Å²) >= 11 is 0. The first-order valence-electron chi connectivity index (χ1n) is 11.0. The molecule has 1 aliphatic rings. The van der Waals surface area contributed by atoms with Gasteiger partial charge in [0.1, 0.15) is 0 Å². The lowest BCUT2D eigenvalue weighted by molar-refractivity contribution is 0.0961. The molecule has 0 aliphatic carbocycles. The summed E-state index contributed by atoms with van der Waals surface area (Å²) < 4.78 is 29.0. The van der Waals surface area contributed by atoms with Crippen LogP contribution in [0.3, 0.4) is 0 Å². The molecule has 0 saturated carbocycles. The van der Waals surface area contributed by atoms with Gasteiger partial charge in [0.15, 0.2) is 0 Å². The van der Waals surface area contributed by atoms with E-state index in [2.05, 4.69) is 15.8 Å². The molecule has 9 nitrogen and oxygen atoms in total. The number of hydrogen-bond acceptors (Lipinski definition) is 6. The minimum absolute atomic E-state index is 0.0921. The fourth-order valence-corrected chi connectivity index (χ4v) is 5.54. The lowest BCUT2D eigenvalue weighted by atomic mass is 10.1. The molecule has 0 atom stereocenters. The van der Waals surface area contributed by atoms with Crippen molar-refractivity contribution in [2.45, 2.75) is 44.6 Å². The van der Waals surface area contributed by atoms with Crippen LogP contribution in [-0.2, 0) is 16.6 Å². The summed E-state index contributed by atoms with van der Waals surface area (Å²) in [6.45, 7) is 4.88. The molecule has 1 fully saturated rings. The Labute approximate surface area is 192 Å². The minimum Gasteiger partial charge on any atom is -0.277 e. The first-order chi connectivity index (χ1) is 15.8. The average Bonchev–Trinajstić information content (AvgIpc) is 2.83. The summed E-state index contributed by atoms with van der Waals surface area (Å²) in [5, 5.41) is 0.489. The number of aryl methyl sites for hydroxylation is 1. The summed E-state index contributed by atoms with van der Waals surface area (Å²) in [5.74, 6) is -0.322. The molecule has 2 aromatic carbocycles. The monoisotopic (exact) mass is 469 g/mol. The number of fused-ring (bicyclic) bond motifs is 1. The van der Waals surface area contributed by atoms with Crippen LogP contribution in [0, 0.1) is 6.92 Å². The predicted octanol–water partition coefficient (Wildman–Crippen LogP) is 2.66. The molecule has 1 amide bonds. The number of anilines is 1. The van der Waals surface area contributed by atoms with Gasteiger partial charge in [-0.25, -0.2) is 13.4 Å². The Morgan fingerprint density at radius 1 is 1.09 bits per heavy atom. The van der Waals surface area contributed by atoms with Crippen LogP contribution in [0.15, 0.2) is 52.2 Å².